The molecule has 0 spiro atoms. The minimum Gasteiger partial charge on any atom is -0.216 e. The summed E-state index contributed by atoms with van der Waals surface area (Å²) in [6, 6.07) is 8.06. The van der Waals surface area contributed by atoms with Gasteiger partial charge in [0.1, 0.15) is 0 Å². The first kappa shape index (κ1) is 9.21. The third-order valence-electron chi connectivity index (χ3n) is 2.00. The summed E-state index contributed by atoms with van der Waals surface area (Å²) >= 11 is 5.76. The highest BCUT2D eigenvalue weighted by atomic mass is 35.5. The maximum atomic E-state index is 5.76. The molecule has 0 saturated heterocycles. The van der Waals surface area contributed by atoms with Crippen LogP contribution in [0, 0.1) is 6.92 Å². The van der Waals surface area contributed by atoms with Crippen molar-refractivity contribution < 1.29 is 0 Å². The van der Waals surface area contributed by atoms with Crippen LogP contribution >= 0.6 is 11.6 Å². The van der Waals surface area contributed by atoms with Gasteiger partial charge in [-0.3, -0.25) is 0 Å². The maximum Gasteiger partial charge on any atom is 0.0793 e. The van der Waals surface area contributed by atoms with Crippen molar-refractivity contribution in [1.82, 2.24) is 15.0 Å². The number of halogens is 1. The molecular weight excluding hydrogens is 198 g/mol. The first-order chi connectivity index (χ1) is 6.81. The number of hydrogen-bond acceptors (Lipinski definition) is 2. The Hall–Kier alpha value is -1.35. The maximum absolute atomic E-state index is 5.76. The van der Waals surface area contributed by atoms with Crippen LogP contribution in [0.4, 0.5) is 0 Å². The Morgan fingerprint density at radius 2 is 2.29 bits per heavy atom. The van der Waals surface area contributed by atoms with Gasteiger partial charge in [0, 0.05) is 0 Å². The molecule has 0 amide bonds. The second-order valence-corrected chi connectivity index (χ2v) is 3.38. The van der Waals surface area contributed by atoms with Gasteiger partial charge in [0.15, 0.2) is 0 Å². The second-order valence-electron chi connectivity index (χ2n) is 3.11. The van der Waals surface area contributed by atoms with Crippen molar-refractivity contribution in [2.45, 2.75) is 12.8 Å². The number of aromatic nitrogens is 3. The zero-order valence-electron chi connectivity index (χ0n) is 7.81. The van der Waals surface area contributed by atoms with Gasteiger partial charge in [-0.1, -0.05) is 17.3 Å². The summed E-state index contributed by atoms with van der Waals surface area (Å²) < 4.78 is 1.75. The summed E-state index contributed by atoms with van der Waals surface area (Å²) in [5.41, 5.74) is 3.09. The summed E-state index contributed by atoms with van der Waals surface area (Å²) in [6.07, 6.45) is 1.68. The Morgan fingerprint density at radius 1 is 1.43 bits per heavy atom. The Kier molecular flexibility index (Phi) is 2.50. The zero-order chi connectivity index (χ0) is 9.97. The number of alkyl halides is 1. The quantitative estimate of drug-likeness (QED) is 0.708. The Balaban J connectivity index is 2.49. The molecule has 2 aromatic rings. The molecule has 0 saturated carbocycles. The summed E-state index contributed by atoms with van der Waals surface area (Å²) in [4.78, 5) is 0. The Bertz CT molecular complexity index is 436. The molecule has 0 atom stereocenters. The highest BCUT2D eigenvalue weighted by Crippen LogP contribution is 2.12. The lowest BCUT2D eigenvalue weighted by Crippen LogP contribution is -2.00. The first-order valence-electron chi connectivity index (χ1n) is 4.34. The lowest BCUT2D eigenvalue weighted by molar-refractivity contribution is 0.781. The molecule has 0 aliphatic carbocycles. The van der Waals surface area contributed by atoms with E-state index >= 15 is 0 Å². The molecule has 0 bridgehead atoms. The van der Waals surface area contributed by atoms with Crippen molar-refractivity contribution in [2.24, 2.45) is 0 Å². The standard InChI is InChI=1S/C10H10ClN3/c1-8-3-2-4-9(5-8)14-10(6-11)7-12-13-14/h2-5,7H,6H2,1H3. The van der Waals surface area contributed by atoms with Crippen LogP contribution in [0.5, 0.6) is 0 Å². The average molecular weight is 208 g/mol. The molecule has 72 valence electrons. The third kappa shape index (κ3) is 1.63. The van der Waals surface area contributed by atoms with Crippen LogP contribution < -0.4 is 0 Å². The predicted molar refractivity (Wildman–Crippen MR) is 55.7 cm³/mol. The van der Waals surface area contributed by atoms with E-state index in [1.165, 1.54) is 5.56 Å². The van der Waals surface area contributed by atoms with Gasteiger partial charge in [0.05, 0.1) is 23.5 Å². The fraction of sp³-hybridized carbons (Fsp3) is 0.200. The van der Waals surface area contributed by atoms with Gasteiger partial charge in [-0.05, 0) is 24.6 Å². The number of aryl methyl sites for hydroxylation is 1. The van der Waals surface area contributed by atoms with Crippen molar-refractivity contribution >= 4 is 11.6 Å². The van der Waals surface area contributed by atoms with Crippen molar-refractivity contribution in [3.8, 4) is 5.69 Å². The molecule has 0 aliphatic heterocycles. The highest BCUT2D eigenvalue weighted by Gasteiger charge is 2.04. The van der Waals surface area contributed by atoms with E-state index in [1.54, 1.807) is 10.9 Å². The molecule has 14 heavy (non-hydrogen) atoms. The lowest BCUT2D eigenvalue weighted by atomic mass is 10.2. The molecule has 1 aromatic heterocycles. The minimum atomic E-state index is 0.418. The summed E-state index contributed by atoms with van der Waals surface area (Å²) in [5.74, 6) is 0.418. The topological polar surface area (TPSA) is 30.7 Å². The SMILES string of the molecule is Cc1cccc(-n2nncc2CCl)c1. The molecule has 4 heteroatoms. The van der Waals surface area contributed by atoms with Crippen molar-refractivity contribution in [1.29, 1.82) is 0 Å². The van der Waals surface area contributed by atoms with Gasteiger partial charge in [-0.2, -0.15) is 0 Å². The van der Waals surface area contributed by atoms with Crippen LogP contribution in [0.2, 0.25) is 0 Å². The normalized spacial score (nSPS) is 10.4. The Morgan fingerprint density at radius 3 is 3.00 bits per heavy atom. The number of hydrogen-bond donors (Lipinski definition) is 0. The van der Waals surface area contributed by atoms with E-state index in [0.29, 0.717) is 5.88 Å². The number of rotatable bonds is 2. The van der Waals surface area contributed by atoms with E-state index in [-0.39, 0.29) is 0 Å². The second kappa shape index (κ2) is 3.80. The predicted octanol–water partition coefficient (Wildman–Crippen LogP) is 2.31. The average Bonchev–Trinajstić information content (AvgIpc) is 2.65. The zero-order valence-corrected chi connectivity index (χ0v) is 8.57. The van der Waals surface area contributed by atoms with Crippen molar-refractivity contribution in [3.05, 3.63) is 41.7 Å². The molecule has 0 fully saturated rings. The van der Waals surface area contributed by atoms with Crippen LogP contribution in [-0.2, 0) is 5.88 Å². The van der Waals surface area contributed by atoms with Crippen LogP contribution in [0.3, 0.4) is 0 Å². The van der Waals surface area contributed by atoms with Crippen LogP contribution in [0.25, 0.3) is 5.69 Å². The molecule has 1 aromatic carbocycles. The van der Waals surface area contributed by atoms with Crippen LogP contribution in [-0.4, -0.2) is 15.0 Å². The lowest BCUT2D eigenvalue weighted by Gasteiger charge is -2.04. The van der Waals surface area contributed by atoms with E-state index in [4.69, 9.17) is 11.6 Å². The fourth-order valence-electron chi connectivity index (χ4n) is 1.32. The molecule has 3 nitrogen and oxygen atoms in total. The first-order valence-corrected chi connectivity index (χ1v) is 4.87. The van der Waals surface area contributed by atoms with Gasteiger partial charge in [0.2, 0.25) is 0 Å². The largest absolute Gasteiger partial charge is 0.216 e. The monoisotopic (exact) mass is 207 g/mol. The van der Waals surface area contributed by atoms with Gasteiger partial charge in [-0.15, -0.1) is 16.7 Å². The van der Waals surface area contributed by atoms with Gasteiger partial charge in [0.25, 0.3) is 0 Å². The van der Waals surface area contributed by atoms with E-state index in [2.05, 4.69) is 10.3 Å². The molecular formula is C10H10ClN3. The van der Waals surface area contributed by atoms with Gasteiger partial charge >= 0.3 is 0 Å². The molecule has 0 unspecified atom stereocenters. The molecule has 1 heterocycles. The minimum absolute atomic E-state index is 0.418. The summed E-state index contributed by atoms with van der Waals surface area (Å²) in [6.45, 7) is 2.04. The van der Waals surface area contributed by atoms with E-state index in [1.807, 2.05) is 31.2 Å². The van der Waals surface area contributed by atoms with E-state index in [9.17, 15) is 0 Å². The highest BCUT2D eigenvalue weighted by molar-refractivity contribution is 6.16. The molecule has 2 rings (SSSR count). The Labute approximate surface area is 87.3 Å². The van der Waals surface area contributed by atoms with Crippen LogP contribution in [0.1, 0.15) is 11.3 Å². The van der Waals surface area contributed by atoms with E-state index in [0.717, 1.165) is 11.4 Å². The van der Waals surface area contributed by atoms with Crippen molar-refractivity contribution in [3.63, 3.8) is 0 Å². The molecule has 0 radical (unpaired) electrons. The van der Waals surface area contributed by atoms with Gasteiger partial charge in [-0.25, -0.2) is 4.68 Å². The third-order valence-corrected chi connectivity index (χ3v) is 2.28. The summed E-state index contributed by atoms with van der Waals surface area (Å²) in [5, 5.41) is 7.81. The fourth-order valence-corrected chi connectivity index (χ4v) is 1.51. The van der Waals surface area contributed by atoms with E-state index < -0.39 is 0 Å². The van der Waals surface area contributed by atoms with Crippen LogP contribution in [0.15, 0.2) is 30.5 Å². The number of benzene rings is 1. The van der Waals surface area contributed by atoms with Gasteiger partial charge < -0.3 is 0 Å². The smallest absolute Gasteiger partial charge is 0.0793 e. The molecule has 0 N–H and O–H groups in total. The number of nitrogens with zero attached hydrogens (tertiary/aromatic N) is 3. The summed E-state index contributed by atoms with van der Waals surface area (Å²) in [7, 11) is 0. The van der Waals surface area contributed by atoms with Crippen molar-refractivity contribution in [2.75, 3.05) is 0 Å². The molecule has 0 aliphatic rings.